The lowest BCUT2D eigenvalue weighted by molar-refractivity contribution is 0.0888. The van der Waals surface area contributed by atoms with E-state index in [2.05, 4.69) is 4.72 Å². The van der Waals surface area contributed by atoms with Crippen LogP contribution in [0.5, 0.6) is 0 Å². The third-order valence-corrected chi connectivity index (χ3v) is 6.40. The largest absolute Gasteiger partial charge is 0.391 e. The minimum Gasteiger partial charge on any atom is -0.391 e. The number of aliphatic hydroxyl groups is 1. The molecule has 0 amide bonds. The minimum absolute atomic E-state index is 0.194. The molecule has 2 N–H and O–H groups in total. The van der Waals surface area contributed by atoms with Gasteiger partial charge in [-0.2, -0.15) is 0 Å². The van der Waals surface area contributed by atoms with Crippen LogP contribution in [0.1, 0.15) is 64.2 Å². The first-order valence-electron chi connectivity index (χ1n) is 8.22. The van der Waals surface area contributed by atoms with Crippen LogP contribution in [0.15, 0.2) is 0 Å². The summed E-state index contributed by atoms with van der Waals surface area (Å²) in [4.78, 5) is 0. The van der Waals surface area contributed by atoms with Crippen LogP contribution in [0.4, 0.5) is 0 Å². The van der Waals surface area contributed by atoms with Gasteiger partial charge in [0.1, 0.15) is 0 Å². The van der Waals surface area contributed by atoms with Crippen LogP contribution in [-0.2, 0) is 10.0 Å². The first-order chi connectivity index (χ1) is 9.57. The zero-order valence-electron chi connectivity index (χ0n) is 12.4. The maximum absolute atomic E-state index is 12.1. The third-order valence-electron chi connectivity index (χ3n) is 4.89. The van der Waals surface area contributed by atoms with Crippen molar-refractivity contribution in [1.82, 2.24) is 4.72 Å². The smallest absolute Gasteiger partial charge is 0.211 e. The highest BCUT2D eigenvalue weighted by atomic mass is 32.2. The summed E-state index contributed by atoms with van der Waals surface area (Å²) in [6.07, 6.45) is 10.7. The van der Waals surface area contributed by atoms with Gasteiger partial charge in [0.25, 0.3) is 0 Å². The summed E-state index contributed by atoms with van der Waals surface area (Å²) in [5.41, 5.74) is 0. The van der Waals surface area contributed by atoms with E-state index in [1.807, 2.05) is 0 Å². The monoisotopic (exact) mass is 303 g/mol. The Balaban J connectivity index is 1.73. The number of hydrogen-bond donors (Lipinski definition) is 2. The van der Waals surface area contributed by atoms with E-state index in [-0.39, 0.29) is 18.2 Å². The SMILES string of the molecule is O=S(=O)(CC1CCCCC1)NC[C@@H](O)C1CCCCC1. The summed E-state index contributed by atoms with van der Waals surface area (Å²) in [7, 11) is -3.22. The molecule has 0 heterocycles. The lowest BCUT2D eigenvalue weighted by Gasteiger charge is -2.27. The van der Waals surface area contributed by atoms with Crippen molar-refractivity contribution >= 4 is 10.0 Å². The van der Waals surface area contributed by atoms with Gasteiger partial charge in [0.15, 0.2) is 0 Å². The summed E-state index contributed by atoms with van der Waals surface area (Å²) < 4.78 is 26.8. The van der Waals surface area contributed by atoms with E-state index in [9.17, 15) is 13.5 Å². The van der Waals surface area contributed by atoms with E-state index in [0.29, 0.717) is 5.92 Å². The van der Waals surface area contributed by atoms with Crippen LogP contribution in [0, 0.1) is 11.8 Å². The normalized spacial score (nSPS) is 24.6. The Morgan fingerprint density at radius 2 is 1.50 bits per heavy atom. The van der Waals surface area contributed by atoms with Crippen molar-refractivity contribution in [3.8, 4) is 0 Å². The molecule has 0 spiro atoms. The van der Waals surface area contributed by atoms with Gasteiger partial charge in [-0.05, 0) is 37.5 Å². The Morgan fingerprint density at radius 3 is 2.10 bits per heavy atom. The molecule has 2 saturated carbocycles. The van der Waals surface area contributed by atoms with Crippen molar-refractivity contribution in [3.05, 3.63) is 0 Å². The quantitative estimate of drug-likeness (QED) is 0.792. The minimum atomic E-state index is -3.22. The fourth-order valence-corrected chi connectivity index (χ4v) is 5.12. The highest BCUT2D eigenvalue weighted by Crippen LogP contribution is 2.27. The first kappa shape index (κ1) is 16.2. The van der Waals surface area contributed by atoms with Crippen LogP contribution < -0.4 is 4.72 Å². The molecule has 2 rings (SSSR count). The van der Waals surface area contributed by atoms with Crippen molar-refractivity contribution in [2.75, 3.05) is 12.3 Å². The second-order valence-corrected chi connectivity index (χ2v) is 8.45. The molecule has 0 aromatic heterocycles. The fraction of sp³-hybridized carbons (Fsp3) is 1.00. The van der Waals surface area contributed by atoms with Gasteiger partial charge in [-0.25, -0.2) is 13.1 Å². The number of hydrogen-bond acceptors (Lipinski definition) is 3. The lowest BCUT2D eigenvalue weighted by Crippen LogP contribution is -2.39. The molecule has 5 heteroatoms. The van der Waals surface area contributed by atoms with Gasteiger partial charge in [0.2, 0.25) is 10.0 Å². The zero-order valence-corrected chi connectivity index (χ0v) is 13.2. The van der Waals surface area contributed by atoms with E-state index >= 15 is 0 Å². The topological polar surface area (TPSA) is 66.4 Å². The molecular formula is C15H29NO3S. The van der Waals surface area contributed by atoms with Gasteiger partial charge in [0, 0.05) is 6.54 Å². The molecule has 118 valence electrons. The van der Waals surface area contributed by atoms with Crippen molar-refractivity contribution in [1.29, 1.82) is 0 Å². The average molecular weight is 303 g/mol. The predicted molar refractivity (Wildman–Crippen MR) is 80.9 cm³/mol. The number of aliphatic hydroxyl groups excluding tert-OH is 1. The number of rotatable bonds is 6. The summed E-state index contributed by atoms with van der Waals surface area (Å²) in [5, 5.41) is 10.1. The maximum Gasteiger partial charge on any atom is 0.211 e. The van der Waals surface area contributed by atoms with E-state index < -0.39 is 16.1 Å². The highest BCUT2D eigenvalue weighted by Gasteiger charge is 2.25. The standard InChI is InChI=1S/C15H29NO3S/c17-15(14-9-5-2-6-10-14)11-16-20(18,19)12-13-7-3-1-4-8-13/h13-17H,1-12H2/t15-/m1/s1. The first-order valence-corrected chi connectivity index (χ1v) is 9.87. The van der Waals surface area contributed by atoms with E-state index in [1.165, 1.54) is 12.8 Å². The molecule has 0 aromatic carbocycles. The lowest BCUT2D eigenvalue weighted by atomic mass is 9.85. The van der Waals surface area contributed by atoms with Crippen LogP contribution >= 0.6 is 0 Å². The highest BCUT2D eigenvalue weighted by molar-refractivity contribution is 7.89. The fourth-order valence-electron chi connectivity index (χ4n) is 3.62. The number of nitrogens with one attached hydrogen (secondary N) is 1. The third kappa shape index (κ3) is 5.34. The summed E-state index contributed by atoms with van der Waals surface area (Å²) in [6, 6.07) is 0. The van der Waals surface area contributed by atoms with Crippen molar-refractivity contribution in [3.63, 3.8) is 0 Å². The predicted octanol–water partition coefficient (Wildman–Crippen LogP) is 2.43. The molecule has 1 atom stereocenters. The molecule has 0 aliphatic heterocycles. The van der Waals surface area contributed by atoms with Crippen LogP contribution in [0.2, 0.25) is 0 Å². The van der Waals surface area contributed by atoms with Gasteiger partial charge >= 0.3 is 0 Å². The molecule has 0 aromatic rings. The maximum atomic E-state index is 12.1. The van der Waals surface area contributed by atoms with Gasteiger partial charge in [-0.1, -0.05) is 38.5 Å². The number of sulfonamides is 1. The molecule has 0 unspecified atom stereocenters. The molecule has 0 bridgehead atoms. The van der Waals surface area contributed by atoms with Crippen molar-refractivity contribution in [2.24, 2.45) is 11.8 Å². The molecule has 2 aliphatic carbocycles. The second kappa shape index (κ2) is 7.76. The van der Waals surface area contributed by atoms with Crippen molar-refractivity contribution in [2.45, 2.75) is 70.3 Å². The molecular weight excluding hydrogens is 274 g/mol. The zero-order chi connectivity index (χ0) is 14.4. The summed E-state index contributed by atoms with van der Waals surface area (Å²) >= 11 is 0. The van der Waals surface area contributed by atoms with Crippen LogP contribution in [0.3, 0.4) is 0 Å². The Kier molecular flexibility index (Phi) is 6.30. The molecule has 0 saturated heterocycles. The van der Waals surface area contributed by atoms with Gasteiger partial charge < -0.3 is 5.11 Å². The van der Waals surface area contributed by atoms with Crippen molar-refractivity contribution < 1.29 is 13.5 Å². The molecule has 2 aliphatic rings. The van der Waals surface area contributed by atoms with E-state index in [1.54, 1.807) is 0 Å². The van der Waals surface area contributed by atoms with E-state index in [0.717, 1.165) is 51.4 Å². The molecule has 4 nitrogen and oxygen atoms in total. The van der Waals surface area contributed by atoms with Crippen LogP contribution in [0.25, 0.3) is 0 Å². The second-order valence-electron chi connectivity index (χ2n) is 6.60. The van der Waals surface area contributed by atoms with Gasteiger partial charge in [-0.15, -0.1) is 0 Å². The molecule has 2 fully saturated rings. The Hall–Kier alpha value is -0.130. The van der Waals surface area contributed by atoms with Gasteiger partial charge in [-0.3, -0.25) is 0 Å². The van der Waals surface area contributed by atoms with E-state index in [4.69, 9.17) is 0 Å². The van der Waals surface area contributed by atoms with Gasteiger partial charge in [0.05, 0.1) is 11.9 Å². The summed E-state index contributed by atoms with van der Waals surface area (Å²) in [5.74, 6) is 0.832. The molecule has 20 heavy (non-hydrogen) atoms. The Bertz CT molecular complexity index is 371. The molecule has 0 radical (unpaired) electrons. The Labute approximate surface area is 123 Å². The average Bonchev–Trinajstić information content (AvgIpc) is 2.46. The Morgan fingerprint density at radius 1 is 0.950 bits per heavy atom. The summed E-state index contributed by atoms with van der Waals surface area (Å²) in [6.45, 7) is 0.194. The van der Waals surface area contributed by atoms with Crippen LogP contribution in [-0.4, -0.2) is 31.9 Å².